The summed E-state index contributed by atoms with van der Waals surface area (Å²) >= 11 is 0. The predicted molar refractivity (Wildman–Crippen MR) is 94.7 cm³/mol. The second-order valence-corrected chi connectivity index (χ2v) is 10.2. The molecule has 0 heteroatoms. The van der Waals surface area contributed by atoms with E-state index in [0.29, 0.717) is 10.8 Å². The van der Waals surface area contributed by atoms with E-state index in [2.05, 4.69) is 27.7 Å². The quantitative estimate of drug-likeness (QED) is 0.506. The molecule has 22 heavy (non-hydrogen) atoms. The van der Waals surface area contributed by atoms with E-state index in [0.717, 1.165) is 35.5 Å². The van der Waals surface area contributed by atoms with Crippen LogP contribution in [0.3, 0.4) is 0 Å². The highest BCUT2D eigenvalue weighted by molar-refractivity contribution is 5.09. The predicted octanol–water partition coefficient (Wildman–Crippen LogP) is 6.69. The largest absolute Gasteiger partial charge is 0.0651 e. The van der Waals surface area contributed by atoms with E-state index in [-0.39, 0.29) is 0 Å². The molecule has 0 spiro atoms. The molecule has 0 bridgehead atoms. The lowest BCUT2D eigenvalue weighted by Gasteiger charge is -2.62. The summed E-state index contributed by atoms with van der Waals surface area (Å²) in [5.41, 5.74) is 1.41. The highest BCUT2D eigenvalue weighted by Gasteiger charge is 2.60. The summed E-state index contributed by atoms with van der Waals surface area (Å²) in [6.07, 6.45) is 15.3. The van der Waals surface area contributed by atoms with Crippen molar-refractivity contribution in [3.05, 3.63) is 0 Å². The van der Waals surface area contributed by atoms with Crippen molar-refractivity contribution < 1.29 is 0 Å². The molecule has 0 aliphatic heterocycles. The van der Waals surface area contributed by atoms with E-state index < -0.39 is 0 Å². The van der Waals surface area contributed by atoms with Crippen molar-refractivity contribution in [3.8, 4) is 0 Å². The van der Waals surface area contributed by atoms with Crippen LogP contribution in [0.15, 0.2) is 0 Å². The molecule has 0 heterocycles. The Morgan fingerprint density at radius 3 is 2.41 bits per heavy atom. The van der Waals surface area contributed by atoms with Gasteiger partial charge in [0.25, 0.3) is 0 Å². The molecule has 4 fully saturated rings. The van der Waals surface area contributed by atoms with E-state index in [1.54, 1.807) is 38.5 Å². The molecule has 4 rings (SSSR count). The molecule has 0 radical (unpaired) electrons. The zero-order chi connectivity index (χ0) is 15.5. The van der Waals surface area contributed by atoms with Crippen molar-refractivity contribution in [2.24, 2.45) is 46.3 Å². The topological polar surface area (TPSA) is 0 Å². The third-order valence-corrected chi connectivity index (χ3v) is 9.63. The van der Waals surface area contributed by atoms with Gasteiger partial charge in [-0.25, -0.2) is 0 Å². The van der Waals surface area contributed by atoms with Crippen molar-refractivity contribution >= 4 is 0 Å². The van der Waals surface area contributed by atoms with E-state index >= 15 is 0 Å². The van der Waals surface area contributed by atoms with Crippen molar-refractivity contribution in [1.29, 1.82) is 0 Å². The molecule has 0 saturated heterocycles. The Kier molecular flexibility index (Phi) is 3.70. The maximum atomic E-state index is 2.72. The summed E-state index contributed by atoms with van der Waals surface area (Å²) < 4.78 is 0. The smallest absolute Gasteiger partial charge is 0.0266 e. The third kappa shape index (κ3) is 1.94. The number of rotatable bonds is 1. The van der Waals surface area contributed by atoms with E-state index in [1.165, 1.54) is 25.7 Å². The summed E-state index contributed by atoms with van der Waals surface area (Å²) in [5.74, 6) is 6.28. The summed E-state index contributed by atoms with van der Waals surface area (Å²) in [5, 5.41) is 0. The van der Waals surface area contributed by atoms with Crippen LogP contribution >= 0.6 is 0 Å². The lowest BCUT2D eigenvalue weighted by molar-refractivity contribution is -0.134. The van der Waals surface area contributed by atoms with Crippen molar-refractivity contribution in [2.75, 3.05) is 0 Å². The summed E-state index contributed by atoms with van der Waals surface area (Å²) in [6.45, 7) is 10.5. The number of fused-ring (bicyclic) bond motifs is 5. The van der Waals surface area contributed by atoms with Gasteiger partial charge < -0.3 is 0 Å². The highest BCUT2D eigenvalue weighted by atomic mass is 14.7. The molecule has 126 valence electrons. The second-order valence-electron chi connectivity index (χ2n) is 10.2. The standard InChI is InChI=1S/C22H38/c1-5-16-9-10-18-20-15(2)14-17-8-6-7-12-21(17,3)19(20)11-13-22(16,18)4/h15-20H,5-14H2,1-4H3. The zero-order valence-electron chi connectivity index (χ0n) is 15.5. The lowest BCUT2D eigenvalue weighted by atomic mass is 9.43. The van der Waals surface area contributed by atoms with Crippen molar-refractivity contribution in [3.63, 3.8) is 0 Å². The fourth-order valence-corrected chi connectivity index (χ4v) is 8.45. The Morgan fingerprint density at radius 2 is 1.64 bits per heavy atom. The Balaban J connectivity index is 1.67. The fraction of sp³-hybridized carbons (Fsp3) is 1.00. The minimum Gasteiger partial charge on any atom is -0.0651 e. The van der Waals surface area contributed by atoms with Crippen LogP contribution in [0.1, 0.15) is 91.9 Å². The van der Waals surface area contributed by atoms with Crippen molar-refractivity contribution in [1.82, 2.24) is 0 Å². The van der Waals surface area contributed by atoms with Gasteiger partial charge in [-0.3, -0.25) is 0 Å². The normalized spacial score (nSPS) is 57.8. The molecule has 0 nitrogen and oxygen atoms in total. The number of hydrogen-bond acceptors (Lipinski definition) is 0. The molecule has 4 saturated carbocycles. The van der Waals surface area contributed by atoms with Crippen LogP contribution in [0.4, 0.5) is 0 Å². The molecule has 8 unspecified atom stereocenters. The second kappa shape index (κ2) is 5.25. The Morgan fingerprint density at radius 1 is 0.864 bits per heavy atom. The van der Waals surface area contributed by atoms with Crippen LogP contribution in [-0.4, -0.2) is 0 Å². The third-order valence-electron chi connectivity index (χ3n) is 9.63. The van der Waals surface area contributed by atoms with Gasteiger partial charge in [-0.05, 0) is 91.3 Å². The minimum atomic E-state index is 0.696. The molecule has 0 N–H and O–H groups in total. The van der Waals surface area contributed by atoms with Crippen LogP contribution in [-0.2, 0) is 0 Å². The van der Waals surface area contributed by atoms with Gasteiger partial charge >= 0.3 is 0 Å². The first-order chi connectivity index (χ1) is 10.5. The first-order valence-corrected chi connectivity index (χ1v) is 10.5. The average Bonchev–Trinajstić information content (AvgIpc) is 2.84. The van der Waals surface area contributed by atoms with Crippen LogP contribution in [0.25, 0.3) is 0 Å². The van der Waals surface area contributed by atoms with Crippen LogP contribution in [0, 0.1) is 46.3 Å². The van der Waals surface area contributed by atoms with Gasteiger partial charge in [0, 0.05) is 0 Å². The molecular formula is C22H38. The van der Waals surface area contributed by atoms with Crippen molar-refractivity contribution in [2.45, 2.75) is 91.9 Å². The molecule has 4 aliphatic rings. The summed E-state index contributed by atoms with van der Waals surface area (Å²) in [6, 6.07) is 0. The Labute approximate surface area is 138 Å². The first-order valence-electron chi connectivity index (χ1n) is 10.5. The number of hydrogen-bond donors (Lipinski definition) is 0. The molecule has 0 aromatic rings. The maximum absolute atomic E-state index is 2.72. The van der Waals surface area contributed by atoms with Gasteiger partial charge in [-0.2, -0.15) is 0 Å². The van der Waals surface area contributed by atoms with Gasteiger partial charge in [-0.1, -0.05) is 47.0 Å². The van der Waals surface area contributed by atoms with Crippen LogP contribution in [0.5, 0.6) is 0 Å². The van der Waals surface area contributed by atoms with E-state index in [4.69, 9.17) is 0 Å². The molecule has 4 aliphatic carbocycles. The SMILES string of the molecule is CCC1CCC2C3C(C)CC4CCCCC4(C)C3CCC12C. The van der Waals surface area contributed by atoms with Gasteiger partial charge in [0.1, 0.15) is 0 Å². The molecule has 0 amide bonds. The summed E-state index contributed by atoms with van der Waals surface area (Å²) in [4.78, 5) is 0. The zero-order valence-corrected chi connectivity index (χ0v) is 15.5. The molecule has 8 atom stereocenters. The summed E-state index contributed by atoms with van der Waals surface area (Å²) in [7, 11) is 0. The average molecular weight is 303 g/mol. The van der Waals surface area contributed by atoms with Crippen LogP contribution < -0.4 is 0 Å². The lowest BCUT2D eigenvalue weighted by Crippen LogP contribution is -2.55. The Hall–Kier alpha value is 0. The van der Waals surface area contributed by atoms with E-state index in [1.807, 2.05) is 0 Å². The molecule has 0 aromatic heterocycles. The monoisotopic (exact) mass is 302 g/mol. The minimum absolute atomic E-state index is 0.696. The van der Waals surface area contributed by atoms with Gasteiger partial charge in [-0.15, -0.1) is 0 Å². The maximum Gasteiger partial charge on any atom is -0.0266 e. The fourth-order valence-electron chi connectivity index (χ4n) is 8.45. The van der Waals surface area contributed by atoms with Gasteiger partial charge in [0.2, 0.25) is 0 Å². The molecular weight excluding hydrogens is 264 g/mol. The highest BCUT2D eigenvalue weighted by Crippen LogP contribution is 2.68. The van der Waals surface area contributed by atoms with Gasteiger partial charge in [0.15, 0.2) is 0 Å². The van der Waals surface area contributed by atoms with Gasteiger partial charge in [0.05, 0.1) is 0 Å². The van der Waals surface area contributed by atoms with E-state index in [9.17, 15) is 0 Å². The molecule has 0 aromatic carbocycles. The van der Waals surface area contributed by atoms with Crippen LogP contribution in [0.2, 0.25) is 0 Å². The Bertz CT molecular complexity index is 426. The first kappa shape index (κ1) is 15.5.